The maximum atomic E-state index is 14.5. The summed E-state index contributed by atoms with van der Waals surface area (Å²) >= 11 is 13.1. The van der Waals surface area contributed by atoms with Gasteiger partial charge in [0, 0.05) is 35.1 Å². The quantitative estimate of drug-likeness (QED) is 0.164. The van der Waals surface area contributed by atoms with Gasteiger partial charge in [0.1, 0.15) is 18.4 Å². The molecule has 11 heteroatoms. The van der Waals surface area contributed by atoms with Gasteiger partial charge in [0.15, 0.2) is 0 Å². The molecule has 0 aliphatic carbocycles. The van der Waals surface area contributed by atoms with Gasteiger partial charge in [-0.2, -0.15) is 0 Å². The van der Waals surface area contributed by atoms with Gasteiger partial charge in [-0.1, -0.05) is 91.1 Å². The number of carbonyl (C=O) groups is 2. The van der Waals surface area contributed by atoms with Gasteiger partial charge in [0.05, 0.1) is 10.6 Å². The minimum atomic E-state index is -4.32. The summed E-state index contributed by atoms with van der Waals surface area (Å²) < 4.78 is 43.0. The maximum absolute atomic E-state index is 14.5. The number of aryl methyl sites for hydroxylation is 1. The first-order valence-corrected chi connectivity index (χ1v) is 17.0. The number of nitrogens with one attached hydrogen (secondary N) is 1. The van der Waals surface area contributed by atoms with Crippen LogP contribution in [-0.2, 0) is 32.6 Å². The molecular formula is C35H36Cl2FN3O4S. The van der Waals surface area contributed by atoms with Crippen LogP contribution >= 0.6 is 23.2 Å². The monoisotopic (exact) mass is 683 g/mol. The lowest BCUT2D eigenvalue weighted by Crippen LogP contribution is -2.53. The molecule has 4 rings (SSSR count). The normalized spacial score (nSPS) is 12.1. The molecule has 4 aromatic rings. The molecule has 0 aliphatic heterocycles. The average Bonchev–Trinajstić information content (AvgIpc) is 3.02. The highest BCUT2D eigenvalue weighted by Crippen LogP contribution is 2.29. The van der Waals surface area contributed by atoms with Crippen LogP contribution in [0.4, 0.5) is 10.1 Å². The van der Waals surface area contributed by atoms with E-state index in [2.05, 4.69) is 5.32 Å². The molecule has 242 valence electrons. The highest BCUT2D eigenvalue weighted by atomic mass is 35.5. The number of hydrogen-bond acceptors (Lipinski definition) is 4. The molecule has 0 radical (unpaired) electrons. The average molecular weight is 685 g/mol. The first-order chi connectivity index (χ1) is 21.9. The Balaban J connectivity index is 1.83. The van der Waals surface area contributed by atoms with Gasteiger partial charge in [-0.3, -0.25) is 13.9 Å². The number of halogens is 3. The zero-order chi connectivity index (χ0) is 33.4. The summed E-state index contributed by atoms with van der Waals surface area (Å²) in [7, 11) is -4.32. The van der Waals surface area contributed by atoms with E-state index in [-0.39, 0.29) is 39.5 Å². The van der Waals surface area contributed by atoms with Gasteiger partial charge >= 0.3 is 0 Å². The molecule has 0 spiro atoms. The van der Waals surface area contributed by atoms with Crippen molar-refractivity contribution in [2.24, 2.45) is 5.92 Å². The number of carbonyl (C=O) groups excluding carboxylic acids is 2. The Morgan fingerprint density at radius 1 is 0.848 bits per heavy atom. The molecule has 0 bridgehead atoms. The number of hydrogen-bond donors (Lipinski definition) is 1. The van der Waals surface area contributed by atoms with E-state index in [1.807, 2.05) is 51.1 Å². The topological polar surface area (TPSA) is 86.8 Å². The van der Waals surface area contributed by atoms with Gasteiger partial charge in [-0.15, -0.1) is 0 Å². The Hall–Kier alpha value is -3.92. The van der Waals surface area contributed by atoms with Crippen LogP contribution in [0.1, 0.15) is 30.5 Å². The molecule has 0 heterocycles. The molecule has 0 saturated carbocycles. The first-order valence-electron chi connectivity index (χ1n) is 14.8. The lowest BCUT2D eigenvalue weighted by molar-refractivity contribution is -0.140. The van der Waals surface area contributed by atoms with Crippen molar-refractivity contribution in [1.82, 2.24) is 10.2 Å². The van der Waals surface area contributed by atoms with Crippen LogP contribution in [-0.4, -0.2) is 44.3 Å². The van der Waals surface area contributed by atoms with Crippen molar-refractivity contribution in [3.63, 3.8) is 0 Å². The molecule has 0 aliphatic rings. The number of anilines is 1. The molecule has 2 amide bonds. The van der Waals surface area contributed by atoms with Crippen LogP contribution in [0.3, 0.4) is 0 Å². The summed E-state index contributed by atoms with van der Waals surface area (Å²) in [5.74, 6) is -1.53. The van der Waals surface area contributed by atoms with Crippen LogP contribution < -0.4 is 9.62 Å². The van der Waals surface area contributed by atoms with E-state index in [0.717, 1.165) is 27.6 Å². The van der Waals surface area contributed by atoms with Crippen LogP contribution in [0.15, 0.2) is 102 Å². The summed E-state index contributed by atoms with van der Waals surface area (Å²) in [6, 6.07) is 24.1. The minimum absolute atomic E-state index is 0.0496. The standard InChI is InChI=1S/C35H36Cl2FN3O4S/c1-24(2)21-39-35(43)33(20-26-8-5-4-6-9-26)40(22-30-31(36)10-7-11-32(30)37)34(42)23-41(28-16-14-27(38)15-17-28)46(44,45)29-18-12-25(3)13-19-29/h4-19,24,33H,20-23H2,1-3H3,(H,39,43). The van der Waals surface area contributed by atoms with Crippen molar-refractivity contribution in [2.75, 3.05) is 17.4 Å². The molecule has 1 N–H and O–H groups in total. The Morgan fingerprint density at radius 2 is 1.46 bits per heavy atom. The van der Waals surface area contributed by atoms with Gasteiger partial charge < -0.3 is 10.2 Å². The fourth-order valence-electron chi connectivity index (χ4n) is 4.80. The smallest absolute Gasteiger partial charge is 0.264 e. The molecule has 1 unspecified atom stereocenters. The predicted molar refractivity (Wildman–Crippen MR) is 181 cm³/mol. The van der Waals surface area contributed by atoms with E-state index in [1.165, 1.54) is 29.2 Å². The molecule has 4 aromatic carbocycles. The molecule has 7 nitrogen and oxygen atoms in total. The van der Waals surface area contributed by atoms with Gasteiger partial charge in [0.2, 0.25) is 11.8 Å². The van der Waals surface area contributed by atoms with Crippen molar-refractivity contribution in [2.45, 2.75) is 44.7 Å². The summed E-state index contributed by atoms with van der Waals surface area (Å²) in [5, 5.41) is 3.51. The summed E-state index contributed by atoms with van der Waals surface area (Å²) in [5.41, 5.74) is 2.12. The second-order valence-electron chi connectivity index (χ2n) is 11.4. The van der Waals surface area contributed by atoms with Crippen molar-refractivity contribution in [3.8, 4) is 0 Å². The Bertz CT molecular complexity index is 1730. The highest BCUT2D eigenvalue weighted by molar-refractivity contribution is 7.92. The van der Waals surface area contributed by atoms with E-state index in [1.54, 1.807) is 30.3 Å². The molecule has 0 fully saturated rings. The number of rotatable bonds is 13. The largest absolute Gasteiger partial charge is 0.354 e. The van der Waals surface area contributed by atoms with E-state index in [4.69, 9.17) is 23.2 Å². The van der Waals surface area contributed by atoms with Gasteiger partial charge in [0.25, 0.3) is 10.0 Å². The third-order valence-electron chi connectivity index (χ3n) is 7.35. The van der Waals surface area contributed by atoms with Crippen LogP contribution in [0.5, 0.6) is 0 Å². The van der Waals surface area contributed by atoms with Gasteiger partial charge in [-0.05, 0) is 66.9 Å². The van der Waals surface area contributed by atoms with Crippen molar-refractivity contribution in [1.29, 1.82) is 0 Å². The second-order valence-corrected chi connectivity index (χ2v) is 14.0. The van der Waals surface area contributed by atoms with Gasteiger partial charge in [-0.25, -0.2) is 12.8 Å². The van der Waals surface area contributed by atoms with E-state index < -0.39 is 40.2 Å². The molecular weight excluding hydrogens is 648 g/mol. The predicted octanol–water partition coefficient (Wildman–Crippen LogP) is 7.05. The van der Waals surface area contributed by atoms with E-state index in [0.29, 0.717) is 12.1 Å². The zero-order valence-corrected chi connectivity index (χ0v) is 28.1. The third-order valence-corrected chi connectivity index (χ3v) is 9.84. The van der Waals surface area contributed by atoms with Crippen LogP contribution in [0.25, 0.3) is 0 Å². The summed E-state index contributed by atoms with van der Waals surface area (Å²) in [4.78, 5) is 29.6. The molecule has 0 aromatic heterocycles. The minimum Gasteiger partial charge on any atom is -0.354 e. The SMILES string of the molecule is Cc1ccc(S(=O)(=O)N(CC(=O)N(Cc2c(Cl)cccc2Cl)C(Cc2ccccc2)C(=O)NCC(C)C)c2ccc(F)cc2)cc1. The highest BCUT2D eigenvalue weighted by Gasteiger charge is 2.35. The molecule has 0 saturated heterocycles. The Kier molecular flexibility index (Phi) is 11.8. The maximum Gasteiger partial charge on any atom is 0.264 e. The summed E-state index contributed by atoms with van der Waals surface area (Å²) in [6.45, 7) is 5.23. The third kappa shape index (κ3) is 8.87. The fraction of sp³-hybridized carbons (Fsp3) is 0.257. The zero-order valence-electron chi connectivity index (χ0n) is 25.8. The number of benzene rings is 4. The van der Waals surface area contributed by atoms with Crippen molar-refractivity contribution >= 4 is 50.7 Å². The first kappa shape index (κ1) is 34.9. The van der Waals surface area contributed by atoms with Crippen LogP contribution in [0.2, 0.25) is 10.0 Å². The number of amides is 2. The van der Waals surface area contributed by atoms with Crippen molar-refractivity contribution < 1.29 is 22.4 Å². The second kappa shape index (κ2) is 15.6. The number of sulfonamides is 1. The molecule has 1 atom stereocenters. The van der Waals surface area contributed by atoms with E-state index in [9.17, 15) is 22.4 Å². The van der Waals surface area contributed by atoms with Crippen molar-refractivity contribution in [3.05, 3.63) is 130 Å². The van der Waals surface area contributed by atoms with Crippen LogP contribution in [0, 0.1) is 18.7 Å². The van der Waals surface area contributed by atoms with E-state index >= 15 is 0 Å². The Morgan fingerprint density at radius 3 is 2.04 bits per heavy atom. The fourth-order valence-corrected chi connectivity index (χ4v) is 6.73. The number of nitrogens with zero attached hydrogens (tertiary/aromatic N) is 2. The summed E-state index contributed by atoms with van der Waals surface area (Å²) in [6.07, 6.45) is 0.139. The Labute approximate surface area is 280 Å². The lowest BCUT2D eigenvalue weighted by atomic mass is 10.0. The molecule has 46 heavy (non-hydrogen) atoms. The lowest BCUT2D eigenvalue weighted by Gasteiger charge is -2.34.